The number of rotatable bonds is 9. The molecule has 1 fully saturated rings. The van der Waals surface area contributed by atoms with Gasteiger partial charge in [0.25, 0.3) is 0 Å². The topological polar surface area (TPSA) is 53.5 Å². The Morgan fingerprint density at radius 3 is 2.43 bits per heavy atom. The third kappa shape index (κ3) is 5.50. The van der Waals surface area contributed by atoms with Gasteiger partial charge in [0.1, 0.15) is 5.75 Å². The Bertz CT molecular complexity index is 1200. The first-order valence-electron chi connectivity index (χ1n) is 12.6. The first-order valence-corrected chi connectivity index (χ1v) is 12.6. The first-order chi connectivity index (χ1) is 17.1. The van der Waals surface area contributed by atoms with Gasteiger partial charge in [-0.25, -0.2) is 0 Å². The molecule has 1 aromatic heterocycles. The molecule has 5 rings (SSSR count). The van der Waals surface area contributed by atoms with Crippen molar-refractivity contribution >= 4 is 5.57 Å². The van der Waals surface area contributed by atoms with Gasteiger partial charge in [0.15, 0.2) is 0 Å². The zero-order valence-corrected chi connectivity index (χ0v) is 20.9. The van der Waals surface area contributed by atoms with Crippen LogP contribution in [0.2, 0.25) is 0 Å². The van der Waals surface area contributed by atoms with Gasteiger partial charge in [-0.1, -0.05) is 42.5 Å². The van der Waals surface area contributed by atoms with E-state index >= 15 is 0 Å². The molecule has 2 aromatic carbocycles. The summed E-state index contributed by atoms with van der Waals surface area (Å²) in [6, 6.07) is 17.3. The number of hydrogen-bond donors (Lipinski definition) is 0. The van der Waals surface area contributed by atoms with Crippen LogP contribution in [0.1, 0.15) is 66.0 Å². The van der Waals surface area contributed by atoms with E-state index in [0.717, 1.165) is 55.2 Å². The van der Waals surface area contributed by atoms with E-state index in [1.54, 1.807) is 14.2 Å². The molecule has 1 saturated carbocycles. The highest BCUT2D eigenvalue weighted by molar-refractivity contribution is 5.70. The maximum absolute atomic E-state index is 5.98. The second kappa shape index (κ2) is 10.5. The Balaban J connectivity index is 1.38. The summed E-state index contributed by atoms with van der Waals surface area (Å²) in [7, 11) is 3.27. The van der Waals surface area contributed by atoms with E-state index in [9.17, 15) is 0 Å². The fraction of sp³-hybridized carbons (Fsp3) is 0.400. The molecule has 0 spiro atoms. The lowest BCUT2D eigenvalue weighted by Crippen LogP contribution is -2.13. The highest BCUT2D eigenvalue weighted by Gasteiger charge is 2.26. The van der Waals surface area contributed by atoms with Crippen LogP contribution in [0.25, 0.3) is 5.57 Å². The van der Waals surface area contributed by atoms with Gasteiger partial charge in [-0.05, 0) is 79.3 Å². The van der Waals surface area contributed by atoms with Gasteiger partial charge < -0.3 is 14.2 Å². The van der Waals surface area contributed by atoms with Crippen molar-refractivity contribution in [1.29, 1.82) is 0 Å². The van der Waals surface area contributed by atoms with Crippen LogP contribution < -0.4 is 14.2 Å². The lowest BCUT2D eigenvalue weighted by Gasteiger charge is -2.25. The van der Waals surface area contributed by atoms with Crippen LogP contribution in [0.4, 0.5) is 0 Å². The summed E-state index contributed by atoms with van der Waals surface area (Å²) >= 11 is 0. The molecule has 5 heteroatoms. The normalized spacial score (nSPS) is 17.6. The van der Waals surface area contributed by atoms with Crippen molar-refractivity contribution in [3.8, 4) is 17.6 Å². The molecular formula is C30H34N2O3. The summed E-state index contributed by atoms with van der Waals surface area (Å²) in [5, 5.41) is 0. The zero-order chi connectivity index (χ0) is 24.2. The fourth-order valence-electron chi connectivity index (χ4n) is 4.94. The smallest absolute Gasteiger partial charge is 0.319 e. The Morgan fingerprint density at radius 2 is 1.77 bits per heavy atom. The molecule has 0 radical (unpaired) electrons. The van der Waals surface area contributed by atoms with Crippen molar-refractivity contribution in [3.63, 3.8) is 0 Å². The van der Waals surface area contributed by atoms with E-state index in [2.05, 4.69) is 60.4 Å². The van der Waals surface area contributed by atoms with Gasteiger partial charge in [-0.15, -0.1) is 0 Å². The zero-order valence-electron chi connectivity index (χ0n) is 20.9. The first kappa shape index (κ1) is 23.4. The van der Waals surface area contributed by atoms with Gasteiger partial charge in [-0.3, -0.25) is 0 Å². The Morgan fingerprint density at radius 1 is 0.943 bits per heavy atom. The van der Waals surface area contributed by atoms with E-state index in [4.69, 9.17) is 19.2 Å². The average molecular weight is 471 g/mol. The van der Waals surface area contributed by atoms with Gasteiger partial charge in [0.05, 0.1) is 26.5 Å². The van der Waals surface area contributed by atoms with Crippen LogP contribution in [-0.2, 0) is 6.42 Å². The SMILES string of the molecule is COc1nc(OC)c(Cc2ccccc2)c(C2CC=C(c3ccc(OCC4CC4)cc3C)CC2)n1. The monoisotopic (exact) mass is 470 g/mol. The Labute approximate surface area is 208 Å². The summed E-state index contributed by atoms with van der Waals surface area (Å²) in [4.78, 5) is 9.32. The summed E-state index contributed by atoms with van der Waals surface area (Å²) < 4.78 is 17.1. The van der Waals surface area contributed by atoms with Crippen LogP contribution in [-0.4, -0.2) is 30.8 Å². The van der Waals surface area contributed by atoms with E-state index in [0.29, 0.717) is 17.8 Å². The predicted octanol–water partition coefficient (Wildman–Crippen LogP) is 6.53. The molecule has 0 N–H and O–H groups in total. The number of hydrogen-bond acceptors (Lipinski definition) is 5. The molecule has 0 saturated heterocycles. The summed E-state index contributed by atoms with van der Waals surface area (Å²) in [6.07, 6.45) is 8.69. The van der Waals surface area contributed by atoms with Crippen LogP contribution in [0.3, 0.4) is 0 Å². The number of aryl methyl sites for hydroxylation is 1. The lowest BCUT2D eigenvalue weighted by atomic mass is 9.82. The molecule has 1 atom stereocenters. The summed E-state index contributed by atoms with van der Waals surface area (Å²) in [5.74, 6) is 2.64. The molecule has 1 heterocycles. The minimum Gasteiger partial charge on any atom is -0.493 e. The molecule has 2 aliphatic rings. The summed E-state index contributed by atoms with van der Waals surface area (Å²) in [5.41, 5.74) is 7.31. The average Bonchev–Trinajstić information content (AvgIpc) is 3.73. The molecule has 0 amide bonds. The van der Waals surface area contributed by atoms with Crippen LogP contribution in [0.5, 0.6) is 17.6 Å². The van der Waals surface area contributed by atoms with E-state index < -0.39 is 0 Å². The fourth-order valence-corrected chi connectivity index (χ4v) is 4.94. The summed E-state index contributed by atoms with van der Waals surface area (Å²) in [6.45, 7) is 3.03. The van der Waals surface area contributed by atoms with Crippen LogP contribution >= 0.6 is 0 Å². The number of methoxy groups -OCH3 is 2. The van der Waals surface area contributed by atoms with Crippen LogP contribution in [0, 0.1) is 12.8 Å². The van der Waals surface area contributed by atoms with Gasteiger partial charge in [0.2, 0.25) is 5.88 Å². The minimum atomic E-state index is 0.296. The maximum Gasteiger partial charge on any atom is 0.319 e. The van der Waals surface area contributed by atoms with Crippen molar-refractivity contribution in [2.75, 3.05) is 20.8 Å². The number of aromatic nitrogens is 2. The molecule has 3 aromatic rings. The van der Waals surface area contributed by atoms with E-state index in [1.165, 1.54) is 35.1 Å². The molecule has 35 heavy (non-hydrogen) atoms. The van der Waals surface area contributed by atoms with E-state index in [-0.39, 0.29) is 0 Å². The maximum atomic E-state index is 5.98. The highest BCUT2D eigenvalue weighted by Crippen LogP contribution is 2.40. The third-order valence-electron chi connectivity index (χ3n) is 7.10. The minimum absolute atomic E-state index is 0.296. The van der Waals surface area contributed by atoms with Gasteiger partial charge in [0, 0.05) is 17.9 Å². The largest absolute Gasteiger partial charge is 0.493 e. The van der Waals surface area contributed by atoms with E-state index in [1.807, 2.05) is 6.07 Å². The second-order valence-corrected chi connectivity index (χ2v) is 9.68. The number of nitrogens with zero attached hydrogens (tertiary/aromatic N) is 2. The predicted molar refractivity (Wildman–Crippen MR) is 138 cm³/mol. The molecule has 182 valence electrons. The lowest BCUT2D eigenvalue weighted by molar-refractivity contribution is 0.299. The van der Waals surface area contributed by atoms with Crippen molar-refractivity contribution in [1.82, 2.24) is 9.97 Å². The third-order valence-corrected chi connectivity index (χ3v) is 7.10. The molecule has 0 bridgehead atoms. The van der Waals surface area contributed by atoms with Crippen molar-refractivity contribution in [2.45, 2.75) is 51.4 Å². The molecule has 0 aliphatic heterocycles. The standard InChI is InChI=1S/C30H34N2O3/c1-20-17-25(35-19-22-9-10-22)15-16-26(20)23-11-13-24(14-12-23)28-27(18-21-7-5-4-6-8-21)29(33-2)32-30(31-28)34-3/h4-8,11,15-17,22,24H,9-10,12-14,18-19H2,1-3H3. The Kier molecular flexibility index (Phi) is 7.03. The number of ether oxygens (including phenoxy) is 3. The van der Waals surface area contributed by atoms with Crippen LogP contribution in [0.15, 0.2) is 54.6 Å². The van der Waals surface area contributed by atoms with Crippen molar-refractivity contribution in [2.24, 2.45) is 5.92 Å². The molecule has 2 aliphatic carbocycles. The molecule has 1 unspecified atom stereocenters. The Hall–Kier alpha value is -3.34. The number of allylic oxidation sites excluding steroid dienone is 2. The van der Waals surface area contributed by atoms with Gasteiger partial charge >= 0.3 is 6.01 Å². The highest BCUT2D eigenvalue weighted by atomic mass is 16.5. The quantitative estimate of drug-likeness (QED) is 0.356. The second-order valence-electron chi connectivity index (χ2n) is 9.68. The van der Waals surface area contributed by atoms with Gasteiger partial charge in [-0.2, -0.15) is 9.97 Å². The molecular weight excluding hydrogens is 436 g/mol. The van der Waals surface area contributed by atoms with Crippen molar-refractivity contribution < 1.29 is 14.2 Å². The number of benzene rings is 2. The van der Waals surface area contributed by atoms with Crippen molar-refractivity contribution in [3.05, 3.63) is 82.6 Å². The molecule has 5 nitrogen and oxygen atoms in total.